The van der Waals surface area contributed by atoms with Crippen molar-refractivity contribution in [1.82, 2.24) is 24.4 Å². The van der Waals surface area contributed by atoms with E-state index in [1.807, 2.05) is 4.90 Å². The normalized spacial score (nSPS) is 14.7. The quantitative estimate of drug-likeness (QED) is 0.307. The second kappa shape index (κ2) is 10.4. The Balaban J connectivity index is 1.42. The van der Waals surface area contributed by atoms with Crippen LogP contribution in [0.1, 0.15) is 21.7 Å². The highest BCUT2D eigenvalue weighted by Gasteiger charge is 2.37. The zero-order chi connectivity index (χ0) is 27.9. The zero-order valence-electron chi connectivity index (χ0n) is 20.5. The summed E-state index contributed by atoms with van der Waals surface area (Å²) in [5, 5.41) is 3.61. The van der Waals surface area contributed by atoms with Gasteiger partial charge in [0.15, 0.2) is 28.7 Å². The number of methoxy groups -OCH3 is 1. The molecular weight excluding hydrogens is 545 g/mol. The van der Waals surface area contributed by atoms with E-state index in [-0.39, 0.29) is 47.3 Å². The summed E-state index contributed by atoms with van der Waals surface area (Å²) in [5.41, 5.74) is -1.29. The Hall–Kier alpha value is -3.77. The van der Waals surface area contributed by atoms with Crippen LogP contribution in [-0.2, 0) is 12.7 Å². The molecule has 0 atom stereocenters. The molecule has 1 saturated heterocycles. The van der Waals surface area contributed by atoms with Crippen LogP contribution < -0.4 is 4.74 Å². The highest BCUT2D eigenvalue weighted by Crippen LogP contribution is 2.35. The molecule has 0 spiro atoms. The number of hydrogen-bond acceptors (Lipinski definition) is 5. The van der Waals surface area contributed by atoms with E-state index in [1.165, 1.54) is 30.2 Å². The number of amides is 1. The van der Waals surface area contributed by atoms with Crippen LogP contribution in [0.4, 0.5) is 22.0 Å². The van der Waals surface area contributed by atoms with Gasteiger partial charge in [-0.25, -0.2) is 18.3 Å². The van der Waals surface area contributed by atoms with Crippen molar-refractivity contribution in [3.8, 4) is 17.0 Å². The van der Waals surface area contributed by atoms with E-state index in [0.29, 0.717) is 28.9 Å². The molecule has 1 fully saturated rings. The fourth-order valence-corrected chi connectivity index (χ4v) is 4.67. The molecule has 13 heteroatoms. The summed E-state index contributed by atoms with van der Waals surface area (Å²) in [7, 11) is 1.43. The number of halogens is 6. The van der Waals surface area contributed by atoms with Crippen molar-refractivity contribution in [2.75, 3.05) is 33.3 Å². The number of benzene rings is 2. The molecule has 0 N–H and O–H groups in total. The van der Waals surface area contributed by atoms with Gasteiger partial charge in [-0.2, -0.15) is 18.3 Å². The van der Waals surface area contributed by atoms with Gasteiger partial charge in [0.25, 0.3) is 5.91 Å². The number of fused-ring (bicyclic) bond motifs is 1. The molecule has 1 amide bonds. The number of ether oxygens (including phenoxy) is 1. The second-order valence-electron chi connectivity index (χ2n) is 8.94. The second-order valence-corrected chi connectivity index (χ2v) is 9.31. The topological polar surface area (TPSA) is 63.0 Å². The van der Waals surface area contributed by atoms with E-state index >= 15 is 0 Å². The van der Waals surface area contributed by atoms with E-state index in [4.69, 9.17) is 16.3 Å². The van der Waals surface area contributed by atoms with E-state index in [0.717, 1.165) is 12.1 Å². The van der Waals surface area contributed by atoms with Crippen LogP contribution in [0, 0.1) is 11.6 Å². The smallest absolute Gasteiger partial charge is 0.433 e. The SMILES string of the molecule is COc1cccc(-c2cc(C(F)(F)F)n3nc(C(=O)N4CCN(Cc5cccc(F)c5F)CC4)c(Cl)c3n2)c1. The van der Waals surface area contributed by atoms with Gasteiger partial charge >= 0.3 is 6.18 Å². The Morgan fingerprint density at radius 2 is 1.77 bits per heavy atom. The van der Waals surface area contributed by atoms with Gasteiger partial charge < -0.3 is 9.64 Å². The van der Waals surface area contributed by atoms with Crippen LogP contribution in [0.15, 0.2) is 48.5 Å². The largest absolute Gasteiger partial charge is 0.497 e. The van der Waals surface area contributed by atoms with Crippen LogP contribution in [0.2, 0.25) is 5.02 Å². The summed E-state index contributed by atoms with van der Waals surface area (Å²) in [6.07, 6.45) is -4.82. The lowest BCUT2D eigenvalue weighted by Gasteiger charge is -2.34. The number of piperazine rings is 1. The van der Waals surface area contributed by atoms with Crippen molar-refractivity contribution in [2.45, 2.75) is 12.7 Å². The molecular formula is C26H21ClF5N5O2. The number of carbonyl (C=O) groups is 1. The molecule has 0 unspecified atom stereocenters. The highest BCUT2D eigenvalue weighted by atomic mass is 35.5. The number of aromatic nitrogens is 3. The van der Waals surface area contributed by atoms with Crippen LogP contribution >= 0.6 is 11.6 Å². The third-order valence-electron chi connectivity index (χ3n) is 6.48. The standard InChI is InChI=1S/C26H21ClF5N5O2/c1-39-17-6-2-4-15(12-17)19-13-20(26(30,31)32)37-24(33-19)21(27)23(34-37)25(38)36-10-8-35(9-11-36)14-16-5-3-7-18(28)22(16)29/h2-7,12-13H,8-11,14H2,1H3. The zero-order valence-corrected chi connectivity index (χ0v) is 21.2. The van der Waals surface area contributed by atoms with Gasteiger partial charge in [-0.15, -0.1) is 0 Å². The molecule has 0 bridgehead atoms. The maximum atomic E-state index is 14.0. The average molecular weight is 566 g/mol. The summed E-state index contributed by atoms with van der Waals surface area (Å²) in [5.74, 6) is -2.09. The molecule has 7 nitrogen and oxygen atoms in total. The van der Waals surface area contributed by atoms with Gasteiger partial charge in [0.05, 0.1) is 12.8 Å². The molecule has 0 radical (unpaired) electrons. The van der Waals surface area contributed by atoms with Gasteiger partial charge in [0.2, 0.25) is 0 Å². The molecule has 0 aliphatic carbocycles. The highest BCUT2D eigenvalue weighted by molar-refractivity contribution is 6.36. The Labute approximate surface area is 224 Å². The van der Waals surface area contributed by atoms with Crippen molar-refractivity contribution in [3.63, 3.8) is 0 Å². The lowest BCUT2D eigenvalue weighted by Crippen LogP contribution is -2.48. The summed E-state index contributed by atoms with van der Waals surface area (Å²) < 4.78 is 75.3. The van der Waals surface area contributed by atoms with Crippen LogP contribution in [0.3, 0.4) is 0 Å². The Morgan fingerprint density at radius 3 is 2.46 bits per heavy atom. The van der Waals surface area contributed by atoms with E-state index in [9.17, 15) is 26.7 Å². The molecule has 5 rings (SSSR count). The third kappa shape index (κ3) is 5.26. The van der Waals surface area contributed by atoms with Crippen molar-refractivity contribution in [2.24, 2.45) is 0 Å². The van der Waals surface area contributed by atoms with Crippen molar-refractivity contribution in [1.29, 1.82) is 0 Å². The van der Waals surface area contributed by atoms with Gasteiger partial charge in [0.1, 0.15) is 10.8 Å². The molecule has 2 aromatic carbocycles. The number of nitrogens with zero attached hydrogens (tertiary/aromatic N) is 5. The lowest BCUT2D eigenvalue weighted by molar-refractivity contribution is -0.142. The van der Waals surface area contributed by atoms with Crippen molar-refractivity contribution < 1.29 is 31.5 Å². The van der Waals surface area contributed by atoms with Crippen LogP contribution in [0.5, 0.6) is 5.75 Å². The fourth-order valence-electron chi connectivity index (χ4n) is 4.43. The maximum absolute atomic E-state index is 14.0. The number of carbonyl (C=O) groups excluding carboxylic acids is 1. The van der Waals surface area contributed by atoms with Gasteiger partial charge in [-0.1, -0.05) is 35.9 Å². The summed E-state index contributed by atoms with van der Waals surface area (Å²) in [6.45, 7) is 1.19. The first kappa shape index (κ1) is 26.8. The van der Waals surface area contributed by atoms with Crippen LogP contribution in [0.25, 0.3) is 16.9 Å². The minimum atomic E-state index is -4.82. The minimum absolute atomic E-state index is 0.0206. The summed E-state index contributed by atoms with van der Waals surface area (Å²) in [4.78, 5) is 20.8. The predicted molar refractivity (Wildman–Crippen MR) is 133 cm³/mol. The van der Waals surface area contributed by atoms with E-state index in [1.54, 1.807) is 18.2 Å². The number of alkyl halides is 3. The Bertz CT molecular complexity index is 1550. The maximum Gasteiger partial charge on any atom is 0.433 e. The van der Waals surface area contributed by atoms with Gasteiger partial charge in [-0.05, 0) is 24.3 Å². The molecule has 1 aliphatic heterocycles. The summed E-state index contributed by atoms with van der Waals surface area (Å²) >= 11 is 6.41. The minimum Gasteiger partial charge on any atom is -0.497 e. The first-order valence-electron chi connectivity index (χ1n) is 11.8. The first-order valence-corrected chi connectivity index (χ1v) is 12.2. The van der Waals surface area contributed by atoms with Crippen LogP contribution in [-0.4, -0.2) is 63.6 Å². The molecule has 0 saturated carbocycles. The number of hydrogen-bond donors (Lipinski definition) is 0. The fraction of sp³-hybridized carbons (Fsp3) is 0.269. The average Bonchev–Trinajstić information content (AvgIpc) is 3.26. The van der Waals surface area contributed by atoms with Gasteiger partial charge in [-0.3, -0.25) is 9.69 Å². The summed E-state index contributed by atoms with van der Waals surface area (Å²) in [6, 6.07) is 11.1. The Morgan fingerprint density at radius 1 is 1.05 bits per heavy atom. The molecule has 2 aromatic heterocycles. The molecule has 4 aromatic rings. The van der Waals surface area contributed by atoms with Gasteiger partial charge in [0, 0.05) is 43.9 Å². The van der Waals surface area contributed by atoms with Crippen molar-refractivity contribution in [3.05, 3.63) is 82.1 Å². The van der Waals surface area contributed by atoms with E-state index < -0.39 is 29.4 Å². The third-order valence-corrected chi connectivity index (χ3v) is 6.82. The first-order chi connectivity index (χ1) is 18.6. The molecule has 3 heterocycles. The molecule has 204 valence electrons. The lowest BCUT2D eigenvalue weighted by atomic mass is 10.1. The molecule has 1 aliphatic rings. The van der Waals surface area contributed by atoms with Crippen molar-refractivity contribution >= 4 is 23.2 Å². The molecule has 39 heavy (non-hydrogen) atoms. The Kier molecular flexibility index (Phi) is 7.17. The predicted octanol–water partition coefficient (Wildman–Crippen LogP) is 5.31. The monoisotopic (exact) mass is 565 g/mol. The van der Waals surface area contributed by atoms with E-state index in [2.05, 4.69) is 10.1 Å². The number of rotatable bonds is 5.